The number of hydrogen-bond donors (Lipinski definition) is 0. The van der Waals surface area contributed by atoms with Crippen LogP contribution in [0.15, 0.2) is 58.9 Å². The lowest BCUT2D eigenvalue weighted by atomic mass is 9.64. The van der Waals surface area contributed by atoms with E-state index in [1.54, 1.807) is 19.2 Å². The van der Waals surface area contributed by atoms with E-state index in [1.807, 2.05) is 31.3 Å². The molecule has 0 unspecified atom stereocenters. The number of rotatable bonds is 5. The fraction of sp³-hybridized carbons (Fsp3) is 0.438. The highest BCUT2D eigenvalue weighted by Crippen LogP contribution is 2.54. The largest absolute Gasteiger partial charge is 0.493 e. The number of carbonyl (C=O) groups excluding carboxylic acids is 2. The van der Waals surface area contributed by atoms with Gasteiger partial charge in [0, 0.05) is 48.3 Å². The molecule has 7 heteroatoms. The molecule has 0 saturated heterocycles. The average Bonchev–Trinajstić information content (AvgIpc) is 2.85. The number of allylic oxidation sites excluding steroid dienone is 4. The molecular formula is C32H35Cl2NO4. The zero-order valence-electron chi connectivity index (χ0n) is 23.4. The number of benzene rings is 2. The fourth-order valence-corrected chi connectivity index (χ4v) is 6.59. The van der Waals surface area contributed by atoms with Crippen LogP contribution < -0.4 is 9.47 Å². The van der Waals surface area contributed by atoms with Gasteiger partial charge in [-0.2, -0.15) is 0 Å². The predicted molar refractivity (Wildman–Crippen MR) is 154 cm³/mol. The van der Waals surface area contributed by atoms with Crippen molar-refractivity contribution < 1.29 is 19.1 Å². The number of nitrogens with zero attached hydrogens (tertiary/aromatic N) is 1. The van der Waals surface area contributed by atoms with Crippen LogP contribution in [-0.4, -0.2) is 30.6 Å². The van der Waals surface area contributed by atoms with Crippen LogP contribution in [0.4, 0.5) is 0 Å². The molecule has 206 valence electrons. The van der Waals surface area contributed by atoms with Gasteiger partial charge in [0.1, 0.15) is 6.61 Å². The summed E-state index contributed by atoms with van der Waals surface area (Å²) in [5.74, 6) is 0.914. The summed E-state index contributed by atoms with van der Waals surface area (Å²) in [7, 11) is 3.61. The van der Waals surface area contributed by atoms with Crippen molar-refractivity contribution in [3.05, 3.63) is 80.1 Å². The standard InChI is InChI=1S/C32H35Cl2NO4/c1-31(2)13-22-29(24(36)15-31)28(30-23(35(22)5)14-32(3,4)16-25(30)37)19-8-10-26(27(12-19)38-6)39-17-18-7-9-20(33)21(34)11-18/h7-12,28H,13-17H2,1-6H3. The molecule has 2 aliphatic carbocycles. The molecule has 1 aliphatic heterocycles. The van der Waals surface area contributed by atoms with Crippen molar-refractivity contribution in [1.82, 2.24) is 4.90 Å². The van der Waals surface area contributed by atoms with E-state index in [0.29, 0.717) is 34.4 Å². The number of ketones is 2. The van der Waals surface area contributed by atoms with Gasteiger partial charge in [0.15, 0.2) is 23.1 Å². The second kappa shape index (κ2) is 10.0. The van der Waals surface area contributed by atoms with E-state index in [0.717, 1.165) is 46.5 Å². The summed E-state index contributed by atoms with van der Waals surface area (Å²) in [6, 6.07) is 11.1. The van der Waals surface area contributed by atoms with Crippen LogP contribution in [0.5, 0.6) is 11.5 Å². The molecule has 0 radical (unpaired) electrons. The molecule has 0 fully saturated rings. The van der Waals surface area contributed by atoms with Gasteiger partial charge < -0.3 is 14.4 Å². The fourth-order valence-electron chi connectivity index (χ4n) is 6.27. The lowest BCUT2D eigenvalue weighted by Crippen LogP contribution is -2.43. The second-order valence-corrected chi connectivity index (χ2v) is 13.4. The molecule has 0 atom stereocenters. The van der Waals surface area contributed by atoms with Crippen molar-refractivity contribution >= 4 is 34.8 Å². The van der Waals surface area contributed by atoms with Gasteiger partial charge in [0.2, 0.25) is 0 Å². The van der Waals surface area contributed by atoms with Crippen LogP contribution in [0.25, 0.3) is 0 Å². The number of Topliss-reactive ketones (excluding diaryl/α,β-unsaturated/α-hetero) is 2. The summed E-state index contributed by atoms with van der Waals surface area (Å²) >= 11 is 12.2. The molecule has 0 saturated carbocycles. The molecule has 2 aromatic carbocycles. The van der Waals surface area contributed by atoms with Gasteiger partial charge in [-0.1, -0.05) is 63.0 Å². The number of ether oxygens (including phenoxy) is 2. The molecule has 0 aromatic heterocycles. The Labute approximate surface area is 240 Å². The zero-order chi connectivity index (χ0) is 28.3. The van der Waals surface area contributed by atoms with Gasteiger partial charge in [-0.25, -0.2) is 0 Å². The first-order valence-corrected chi connectivity index (χ1v) is 14.1. The molecule has 1 heterocycles. The SMILES string of the molecule is COc1cc(C2C3=C(CC(C)(C)CC3=O)N(C)C3=C2C(=O)CC(C)(C)C3)ccc1OCc1ccc(Cl)c(Cl)c1. The van der Waals surface area contributed by atoms with Crippen LogP contribution in [-0.2, 0) is 16.2 Å². The van der Waals surface area contributed by atoms with Gasteiger partial charge in [-0.3, -0.25) is 9.59 Å². The van der Waals surface area contributed by atoms with Gasteiger partial charge in [0.25, 0.3) is 0 Å². The van der Waals surface area contributed by atoms with E-state index in [9.17, 15) is 9.59 Å². The van der Waals surface area contributed by atoms with E-state index in [1.165, 1.54) is 0 Å². The lowest BCUT2D eigenvalue weighted by molar-refractivity contribution is -0.119. The summed E-state index contributed by atoms with van der Waals surface area (Å²) < 4.78 is 11.8. The third-order valence-corrected chi connectivity index (χ3v) is 8.82. The minimum absolute atomic E-state index is 0.112. The minimum Gasteiger partial charge on any atom is -0.493 e. The Kier molecular flexibility index (Phi) is 7.13. The van der Waals surface area contributed by atoms with Crippen LogP contribution >= 0.6 is 23.2 Å². The summed E-state index contributed by atoms with van der Waals surface area (Å²) in [6.07, 6.45) is 2.49. The van der Waals surface area contributed by atoms with Gasteiger partial charge in [0.05, 0.1) is 17.2 Å². The quantitative estimate of drug-likeness (QED) is 0.367. The molecule has 2 aromatic rings. The smallest absolute Gasteiger partial charge is 0.162 e. The molecule has 0 spiro atoms. The Hall–Kier alpha value is -2.76. The highest BCUT2D eigenvalue weighted by molar-refractivity contribution is 6.42. The highest BCUT2D eigenvalue weighted by Gasteiger charge is 2.48. The number of methoxy groups -OCH3 is 1. The van der Waals surface area contributed by atoms with Crippen molar-refractivity contribution in [2.45, 2.75) is 65.9 Å². The molecule has 3 aliphatic rings. The van der Waals surface area contributed by atoms with Crippen LogP contribution in [0.2, 0.25) is 10.0 Å². The topological polar surface area (TPSA) is 55.8 Å². The number of hydrogen-bond acceptors (Lipinski definition) is 5. The Morgan fingerprint density at radius 2 is 1.41 bits per heavy atom. The van der Waals surface area contributed by atoms with E-state index >= 15 is 0 Å². The Bertz CT molecular complexity index is 1380. The Morgan fingerprint density at radius 1 is 0.821 bits per heavy atom. The van der Waals surface area contributed by atoms with Crippen LogP contribution in [0.1, 0.15) is 70.4 Å². The summed E-state index contributed by atoms with van der Waals surface area (Å²) in [5.41, 5.74) is 5.02. The van der Waals surface area contributed by atoms with E-state index in [4.69, 9.17) is 32.7 Å². The minimum atomic E-state index is -0.420. The van der Waals surface area contributed by atoms with Crippen LogP contribution in [0, 0.1) is 10.8 Å². The number of carbonyl (C=O) groups is 2. The second-order valence-electron chi connectivity index (χ2n) is 12.5. The van der Waals surface area contributed by atoms with E-state index in [-0.39, 0.29) is 29.0 Å². The van der Waals surface area contributed by atoms with E-state index in [2.05, 4.69) is 32.6 Å². The normalized spacial score (nSPS) is 20.7. The number of halogens is 2. The Morgan fingerprint density at radius 3 is 1.95 bits per heavy atom. The molecule has 0 bridgehead atoms. The van der Waals surface area contributed by atoms with Gasteiger partial charge in [-0.05, 0) is 59.1 Å². The first-order valence-electron chi connectivity index (χ1n) is 13.3. The van der Waals surface area contributed by atoms with Crippen molar-refractivity contribution in [1.29, 1.82) is 0 Å². The van der Waals surface area contributed by atoms with Crippen LogP contribution in [0.3, 0.4) is 0 Å². The van der Waals surface area contributed by atoms with Crippen molar-refractivity contribution in [2.24, 2.45) is 10.8 Å². The molecule has 0 amide bonds. The molecular weight excluding hydrogens is 533 g/mol. The summed E-state index contributed by atoms with van der Waals surface area (Å²) in [6.45, 7) is 8.84. The maximum Gasteiger partial charge on any atom is 0.162 e. The summed E-state index contributed by atoms with van der Waals surface area (Å²) in [5, 5.41) is 0.959. The monoisotopic (exact) mass is 567 g/mol. The van der Waals surface area contributed by atoms with Crippen molar-refractivity contribution in [2.75, 3.05) is 14.2 Å². The average molecular weight is 569 g/mol. The maximum atomic E-state index is 13.7. The van der Waals surface area contributed by atoms with Crippen molar-refractivity contribution in [3.63, 3.8) is 0 Å². The van der Waals surface area contributed by atoms with Gasteiger partial charge in [-0.15, -0.1) is 0 Å². The zero-order valence-corrected chi connectivity index (χ0v) is 24.9. The molecule has 5 nitrogen and oxygen atoms in total. The molecule has 0 N–H and O–H groups in total. The summed E-state index contributed by atoms with van der Waals surface area (Å²) in [4.78, 5) is 29.6. The predicted octanol–water partition coefficient (Wildman–Crippen LogP) is 7.90. The maximum absolute atomic E-state index is 13.7. The third-order valence-electron chi connectivity index (χ3n) is 8.08. The Balaban J connectivity index is 1.57. The third kappa shape index (κ3) is 5.24. The highest BCUT2D eigenvalue weighted by atomic mass is 35.5. The van der Waals surface area contributed by atoms with Crippen molar-refractivity contribution in [3.8, 4) is 11.5 Å². The first kappa shape index (κ1) is 27.8. The molecule has 39 heavy (non-hydrogen) atoms. The van der Waals surface area contributed by atoms with Gasteiger partial charge >= 0.3 is 0 Å². The van der Waals surface area contributed by atoms with E-state index < -0.39 is 5.92 Å². The first-order chi connectivity index (χ1) is 18.3. The lowest BCUT2D eigenvalue weighted by Gasteiger charge is -2.47. The molecule has 5 rings (SSSR count).